The molecule has 4 rings (SSSR count). The molecule has 132 valence electrons. The van der Waals surface area contributed by atoms with Crippen LogP contribution >= 0.6 is 23.4 Å². The Morgan fingerprint density at radius 2 is 2.23 bits per heavy atom. The average molecular weight is 386 g/mol. The van der Waals surface area contributed by atoms with Gasteiger partial charge in [-0.05, 0) is 38.1 Å². The Morgan fingerprint density at radius 1 is 1.38 bits per heavy atom. The van der Waals surface area contributed by atoms with Crippen LogP contribution in [0.4, 0.5) is 5.95 Å². The molecule has 3 heterocycles. The maximum absolute atomic E-state index is 12.4. The second-order valence-electron chi connectivity index (χ2n) is 5.91. The molecule has 0 bridgehead atoms. The largest absolute Gasteiger partial charge is 0.289 e. The van der Waals surface area contributed by atoms with Gasteiger partial charge in [-0.25, -0.2) is 9.97 Å². The summed E-state index contributed by atoms with van der Waals surface area (Å²) in [5.74, 6) is -0.0773. The Balaban J connectivity index is 1.68. The Kier molecular flexibility index (Phi) is 4.42. The molecule has 6 nitrogen and oxygen atoms in total. The second kappa shape index (κ2) is 6.74. The SMILES string of the molecule is CCn1ccc(C(=O)Nc2ncc3c(n2)-c2cc(Cl)ccc2SC3C)n1. The highest BCUT2D eigenvalue weighted by Crippen LogP contribution is 2.48. The van der Waals surface area contributed by atoms with E-state index in [0.717, 1.165) is 21.7 Å². The number of nitrogens with one attached hydrogen (secondary N) is 1. The number of aromatic nitrogens is 4. The van der Waals surface area contributed by atoms with Gasteiger partial charge in [-0.1, -0.05) is 11.6 Å². The first-order valence-corrected chi connectivity index (χ1v) is 9.49. The number of carbonyl (C=O) groups is 1. The van der Waals surface area contributed by atoms with Crippen LogP contribution in [0.1, 0.15) is 35.1 Å². The number of halogens is 1. The lowest BCUT2D eigenvalue weighted by molar-refractivity contribution is 0.102. The van der Waals surface area contributed by atoms with Crippen LogP contribution in [0.2, 0.25) is 5.02 Å². The van der Waals surface area contributed by atoms with Crippen molar-refractivity contribution >= 4 is 35.2 Å². The lowest BCUT2D eigenvalue weighted by atomic mass is 10.0. The molecule has 26 heavy (non-hydrogen) atoms. The van der Waals surface area contributed by atoms with Gasteiger partial charge in [-0.3, -0.25) is 14.8 Å². The van der Waals surface area contributed by atoms with Crippen LogP contribution in [0.15, 0.2) is 41.6 Å². The number of thioether (sulfide) groups is 1. The molecule has 0 saturated heterocycles. The predicted molar refractivity (Wildman–Crippen MR) is 103 cm³/mol. The van der Waals surface area contributed by atoms with Gasteiger partial charge in [0.1, 0.15) is 0 Å². The summed E-state index contributed by atoms with van der Waals surface area (Å²) >= 11 is 7.91. The number of anilines is 1. The number of fused-ring (bicyclic) bond motifs is 3. The summed E-state index contributed by atoms with van der Waals surface area (Å²) in [6, 6.07) is 7.44. The maximum atomic E-state index is 12.4. The summed E-state index contributed by atoms with van der Waals surface area (Å²) in [5.41, 5.74) is 3.13. The van der Waals surface area contributed by atoms with Crippen molar-refractivity contribution in [3.05, 3.63) is 52.9 Å². The number of amides is 1. The molecule has 1 N–H and O–H groups in total. The van der Waals surface area contributed by atoms with E-state index in [-0.39, 0.29) is 17.1 Å². The summed E-state index contributed by atoms with van der Waals surface area (Å²) in [6.07, 6.45) is 3.53. The van der Waals surface area contributed by atoms with Gasteiger partial charge in [0.2, 0.25) is 5.95 Å². The van der Waals surface area contributed by atoms with Crippen molar-refractivity contribution in [2.45, 2.75) is 30.5 Å². The highest BCUT2D eigenvalue weighted by Gasteiger charge is 2.25. The third-order valence-corrected chi connectivity index (χ3v) is 5.63. The number of rotatable bonds is 3. The smallest absolute Gasteiger partial charge is 0.278 e. The van der Waals surface area contributed by atoms with E-state index in [2.05, 4.69) is 27.3 Å². The van der Waals surface area contributed by atoms with Gasteiger partial charge in [-0.15, -0.1) is 11.8 Å². The quantitative estimate of drug-likeness (QED) is 0.721. The predicted octanol–water partition coefficient (Wildman–Crippen LogP) is 4.43. The van der Waals surface area contributed by atoms with Gasteiger partial charge >= 0.3 is 0 Å². The van der Waals surface area contributed by atoms with Crippen molar-refractivity contribution in [2.75, 3.05) is 5.32 Å². The minimum Gasteiger partial charge on any atom is -0.289 e. The summed E-state index contributed by atoms with van der Waals surface area (Å²) in [7, 11) is 0. The van der Waals surface area contributed by atoms with Gasteiger partial charge in [0.05, 0.1) is 5.69 Å². The van der Waals surface area contributed by atoms with Crippen molar-refractivity contribution in [3.8, 4) is 11.3 Å². The van der Waals surface area contributed by atoms with E-state index in [4.69, 9.17) is 11.6 Å². The Morgan fingerprint density at radius 3 is 3.00 bits per heavy atom. The fourth-order valence-corrected chi connectivity index (χ4v) is 4.11. The minimum absolute atomic E-state index is 0.226. The molecule has 8 heteroatoms. The van der Waals surface area contributed by atoms with Crippen LogP contribution < -0.4 is 5.32 Å². The van der Waals surface area contributed by atoms with E-state index in [9.17, 15) is 4.79 Å². The Labute approximate surface area is 160 Å². The molecule has 3 aromatic rings. The van der Waals surface area contributed by atoms with Crippen molar-refractivity contribution in [1.82, 2.24) is 19.7 Å². The van der Waals surface area contributed by atoms with E-state index in [0.29, 0.717) is 17.3 Å². The molecule has 0 radical (unpaired) electrons. The van der Waals surface area contributed by atoms with Gasteiger partial charge < -0.3 is 0 Å². The van der Waals surface area contributed by atoms with Gasteiger partial charge in [0.15, 0.2) is 5.69 Å². The van der Waals surface area contributed by atoms with Gasteiger partial charge in [-0.2, -0.15) is 5.10 Å². The number of benzene rings is 1. The molecule has 1 unspecified atom stereocenters. The molecule has 0 fully saturated rings. The molecule has 1 aromatic carbocycles. The first-order valence-electron chi connectivity index (χ1n) is 8.23. The number of carbonyl (C=O) groups excluding carboxylic acids is 1. The van der Waals surface area contributed by atoms with E-state index >= 15 is 0 Å². The van der Waals surface area contributed by atoms with Crippen LogP contribution in [0, 0.1) is 0 Å². The fourth-order valence-electron chi connectivity index (χ4n) is 2.83. The highest BCUT2D eigenvalue weighted by atomic mass is 35.5. The maximum Gasteiger partial charge on any atom is 0.278 e. The summed E-state index contributed by atoms with van der Waals surface area (Å²) in [6.45, 7) is 4.78. The topological polar surface area (TPSA) is 72.7 Å². The standard InChI is InChI=1S/C18H16ClN5OS/c1-3-24-7-6-14(23-24)17(25)22-18-20-9-13-10(2)26-15-5-4-11(19)8-12(15)16(13)21-18/h4-10H,3H2,1-2H3,(H,20,21,22,25). The van der Waals surface area contributed by atoms with Crippen LogP contribution in [-0.2, 0) is 6.54 Å². The first kappa shape index (κ1) is 17.1. The number of aryl methyl sites for hydroxylation is 1. The molecule has 1 aliphatic rings. The number of nitrogens with zero attached hydrogens (tertiary/aromatic N) is 4. The first-order chi connectivity index (χ1) is 12.5. The molecule has 0 saturated carbocycles. The van der Waals surface area contributed by atoms with E-state index in [1.54, 1.807) is 34.9 Å². The zero-order valence-electron chi connectivity index (χ0n) is 14.2. The zero-order chi connectivity index (χ0) is 18.3. The normalized spacial score (nSPS) is 15.3. The van der Waals surface area contributed by atoms with Crippen LogP contribution in [0.25, 0.3) is 11.3 Å². The molecule has 2 aromatic heterocycles. The minimum atomic E-state index is -0.332. The van der Waals surface area contributed by atoms with E-state index in [1.807, 2.05) is 25.1 Å². The van der Waals surface area contributed by atoms with E-state index < -0.39 is 0 Å². The Hall–Kier alpha value is -2.38. The third kappa shape index (κ3) is 3.08. The van der Waals surface area contributed by atoms with Gasteiger partial charge in [0.25, 0.3) is 5.91 Å². The van der Waals surface area contributed by atoms with Crippen LogP contribution in [0.3, 0.4) is 0 Å². The number of hydrogen-bond acceptors (Lipinski definition) is 5. The molecule has 0 spiro atoms. The Bertz CT molecular complexity index is 1000. The summed E-state index contributed by atoms with van der Waals surface area (Å²) in [5, 5.41) is 7.81. The van der Waals surface area contributed by atoms with Crippen molar-refractivity contribution in [2.24, 2.45) is 0 Å². The average Bonchev–Trinajstić information content (AvgIpc) is 3.12. The second-order valence-corrected chi connectivity index (χ2v) is 7.73. The summed E-state index contributed by atoms with van der Waals surface area (Å²) < 4.78 is 1.69. The summed E-state index contributed by atoms with van der Waals surface area (Å²) in [4.78, 5) is 22.4. The van der Waals surface area contributed by atoms with Crippen LogP contribution in [-0.4, -0.2) is 25.7 Å². The van der Waals surface area contributed by atoms with Crippen molar-refractivity contribution in [3.63, 3.8) is 0 Å². The molecular formula is C18H16ClN5OS. The van der Waals surface area contributed by atoms with E-state index in [1.165, 1.54) is 0 Å². The highest BCUT2D eigenvalue weighted by molar-refractivity contribution is 7.99. The van der Waals surface area contributed by atoms with Crippen LogP contribution in [0.5, 0.6) is 0 Å². The third-order valence-electron chi connectivity index (χ3n) is 4.18. The van der Waals surface area contributed by atoms with Crippen molar-refractivity contribution < 1.29 is 4.79 Å². The van der Waals surface area contributed by atoms with Crippen molar-refractivity contribution in [1.29, 1.82) is 0 Å². The zero-order valence-corrected chi connectivity index (χ0v) is 15.8. The number of hydrogen-bond donors (Lipinski definition) is 1. The molecular weight excluding hydrogens is 370 g/mol. The molecule has 1 amide bonds. The monoisotopic (exact) mass is 385 g/mol. The lowest BCUT2D eigenvalue weighted by Gasteiger charge is -2.23. The molecule has 0 aliphatic carbocycles. The fraction of sp³-hybridized carbons (Fsp3) is 0.222. The molecule has 1 aliphatic heterocycles. The lowest BCUT2D eigenvalue weighted by Crippen LogP contribution is -2.16. The molecule has 1 atom stereocenters. The van der Waals surface area contributed by atoms with Gasteiger partial charge in [0, 0.05) is 45.2 Å².